The summed E-state index contributed by atoms with van der Waals surface area (Å²) in [7, 11) is 1.94. The molecule has 0 bridgehead atoms. The van der Waals surface area contributed by atoms with E-state index in [1.54, 1.807) is 12.1 Å². The summed E-state index contributed by atoms with van der Waals surface area (Å²) in [5, 5.41) is 3.20. The number of likely N-dealkylation sites (N-methyl/N-ethyl adjacent to an activating group) is 1. The molecule has 2 aliphatic rings. The summed E-state index contributed by atoms with van der Waals surface area (Å²) >= 11 is 0. The van der Waals surface area contributed by atoms with Crippen molar-refractivity contribution in [1.29, 1.82) is 0 Å². The lowest BCUT2D eigenvalue weighted by Crippen LogP contribution is -2.23. The Morgan fingerprint density at radius 3 is 2.82 bits per heavy atom. The van der Waals surface area contributed by atoms with Crippen LogP contribution in [0.1, 0.15) is 40.7 Å². The molecule has 2 aromatic carbocycles. The molecule has 2 aromatic rings. The molecule has 1 fully saturated rings. The van der Waals surface area contributed by atoms with E-state index in [2.05, 4.69) is 29.6 Å². The molecule has 2 nitrogen and oxygen atoms in total. The molecule has 0 saturated carbocycles. The number of hydrogen-bond donors (Lipinski definition) is 1. The van der Waals surface area contributed by atoms with Gasteiger partial charge in [0.05, 0.1) is 12.2 Å². The van der Waals surface area contributed by atoms with E-state index in [0.717, 1.165) is 24.9 Å². The zero-order chi connectivity index (χ0) is 15.1. The normalized spacial score (nSPS) is 26.0. The highest BCUT2D eigenvalue weighted by Gasteiger charge is 2.40. The molecule has 22 heavy (non-hydrogen) atoms. The van der Waals surface area contributed by atoms with Gasteiger partial charge in [0.25, 0.3) is 0 Å². The molecule has 3 heteroatoms. The predicted octanol–water partition coefficient (Wildman–Crippen LogP) is 3.56. The Kier molecular flexibility index (Phi) is 3.47. The third kappa shape index (κ3) is 2.25. The van der Waals surface area contributed by atoms with Gasteiger partial charge >= 0.3 is 0 Å². The average Bonchev–Trinajstić information content (AvgIpc) is 2.89. The molecule has 3 atom stereocenters. The fourth-order valence-corrected chi connectivity index (χ4v) is 3.96. The molecule has 1 aliphatic carbocycles. The monoisotopic (exact) mass is 297 g/mol. The van der Waals surface area contributed by atoms with Gasteiger partial charge in [-0.1, -0.05) is 30.3 Å². The Bertz CT molecular complexity index is 700. The van der Waals surface area contributed by atoms with Crippen molar-refractivity contribution in [3.8, 4) is 0 Å². The van der Waals surface area contributed by atoms with Crippen molar-refractivity contribution >= 4 is 0 Å². The topological polar surface area (TPSA) is 21.3 Å². The lowest BCUT2D eigenvalue weighted by molar-refractivity contribution is 0.0417. The third-order valence-corrected chi connectivity index (χ3v) is 4.90. The maximum absolute atomic E-state index is 13.8. The van der Waals surface area contributed by atoms with Crippen LogP contribution in [0.15, 0.2) is 42.5 Å². The zero-order valence-corrected chi connectivity index (χ0v) is 12.7. The van der Waals surface area contributed by atoms with Crippen molar-refractivity contribution in [3.63, 3.8) is 0 Å². The molecule has 0 unspecified atom stereocenters. The van der Waals surface area contributed by atoms with E-state index in [0.29, 0.717) is 5.92 Å². The fourth-order valence-electron chi connectivity index (χ4n) is 3.96. The molecule has 0 spiro atoms. The quantitative estimate of drug-likeness (QED) is 0.915. The summed E-state index contributed by atoms with van der Waals surface area (Å²) in [6.07, 6.45) is 1.99. The number of ether oxygens (including phenoxy) is 1. The standard InChI is InChI=1S/C19H20FNO/c1-21-11-15-10-18-16-5-3-2-4-12(16)8-13-6-7-14(20)9-17(13)19(18)22-15/h2-7,9,15,18-19,21H,8,10-11H2,1H3/t15-,18+,19+/m1/s1. The fraction of sp³-hybridized carbons (Fsp3) is 0.368. The summed E-state index contributed by atoms with van der Waals surface area (Å²) in [6.45, 7) is 0.833. The molecule has 0 radical (unpaired) electrons. The third-order valence-electron chi connectivity index (χ3n) is 4.90. The molecule has 114 valence electrons. The van der Waals surface area contributed by atoms with Gasteiger partial charge in [0.2, 0.25) is 0 Å². The van der Waals surface area contributed by atoms with Crippen LogP contribution in [0.5, 0.6) is 0 Å². The van der Waals surface area contributed by atoms with E-state index >= 15 is 0 Å². The van der Waals surface area contributed by atoms with Crippen LogP contribution in [0, 0.1) is 5.82 Å². The summed E-state index contributed by atoms with van der Waals surface area (Å²) in [5.74, 6) is 0.140. The first-order chi connectivity index (χ1) is 10.8. The van der Waals surface area contributed by atoms with Gasteiger partial charge in [0.1, 0.15) is 5.82 Å². The maximum atomic E-state index is 13.8. The van der Waals surface area contributed by atoms with Crippen LogP contribution < -0.4 is 5.32 Å². The van der Waals surface area contributed by atoms with Crippen molar-refractivity contribution in [1.82, 2.24) is 5.32 Å². The van der Waals surface area contributed by atoms with Gasteiger partial charge in [-0.2, -0.15) is 0 Å². The SMILES string of the molecule is CNC[C@H]1C[C@H]2c3ccccc3Cc3ccc(F)cc3[C@@H]2O1. The molecule has 1 saturated heterocycles. The second-order valence-corrected chi connectivity index (χ2v) is 6.30. The smallest absolute Gasteiger partial charge is 0.123 e. The Hall–Kier alpha value is -1.71. The number of fused-ring (bicyclic) bond motifs is 5. The van der Waals surface area contributed by atoms with Gasteiger partial charge in [-0.3, -0.25) is 0 Å². The van der Waals surface area contributed by atoms with Crippen LogP contribution >= 0.6 is 0 Å². The molecule has 4 rings (SSSR count). The van der Waals surface area contributed by atoms with Crippen molar-refractivity contribution in [3.05, 3.63) is 70.5 Å². The number of benzene rings is 2. The van der Waals surface area contributed by atoms with Gasteiger partial charge in [0, 0.05) is 12.5 Å². The second-order valence-electron chi connectivity index (χ2n) is 6.30. The summed E-state index contributed by atoms with van der Waals surface area (Å²) in [6, 6.07) is 13.7. The molecular formula is C19H20FNO. The van der Waals surface area contributed by atoms with E-state index in [1.807, 2.05) is 13.1 Å². The minimum atomic E-state index is -0.177. The lowest BCUT2D eigenvalue weighted by Gasteiger charge is -2.19. The van der Waals surface area contributed by atoms with Crippen LogP contribution in [-0.4, -0.2) is 19.7 Å². The molecule has 1 aliphatic heterocycles. The lowest BCUT2D eigenvalue weighted by atomic mass is 9.87. The molecule has 0 amide bonds. The van der Waals surface area contributed by atoms with Gasteiger partial charge < -0.3 is 10.1 Å². The van der Waals surface area contributed by atoms with Crippen molar-refractivity contribution in [2.75, 3.05) is 13.6 Å². The van der Waals surface area contributed by atoms with Crippen molar-refractivity contribution in [2.24, 2.45) is 0 Å². The number of rotatable bonds is 2. The Labute approximate surface area is 130 Å². The zero-order valence-electron chi connectivity index (χ0n) is 12.7. The van der Waals surface area contributed by atoms with Crippen LogP contribution in [0.25, 0.3) is 0 Å². The van der Waals surface area contributed by atoms with Gasteiger partial charge in [-0.05, 0) is 54.3 Å². The van der Waals surface area contributed by atoms with Gasteiger partial charge in [-0.25, -0.2) is 4.39 Å². The highest BCUT2D eigenvalue weighted by atomic mass is 19.1. The minimum absolute atomic E-state index is 0.0345. The van der Waals surface area contributed by atoms with Crippen molar-refractivity contribution in [2.45, 2.75) is 31.0 Å². The number of nitrogens with one attached hydrogen (secondary N) is 1. The van der Waals surface area contributed by atoms with E-state index in [1.165, 1.54) is 16.7 Å². The highest BCUT2D eigenvalue weighted by Crippen LogP contribution is 2.49. The Morgan fingerprint density at radius 1 is 1.14 bits per heavy atom. The summed E-state index contributed by atoms with van der Waals surface area (Å²) in [5.41, 5.74) is 4.92. The van der Waals surface area contributed by atoms with Crippen LogP contribution in [0.3, 0.4) is 0 Å². The van der Waals surface area contributed by atoms with Gasteiger partial charge in [0.15, 0.2) is 0 Å². The molecule has 1 heterocycles. The Morgan fingerprint density at radius 2 is 1.95 bits per heavy atom. The largest absolute Gasteiger partial charge is 0.368 e. The van der Waals surface area contributed by atoms with E-state index in [-0.39, 0.29) is 18.0 Å². The predicted molar refractivity (Wildman–Crippen MR) is 84.5 cm³/mol. The Balaban J connectivity index is 1.84. The maximum Gasteiger partial charge on any atom is 0.123 e. The number of hydrogen-bond acceptors (Lipinski definition) is 2. The molecular weight excluding hydrogens is 277 g/mol. The van der Waals surface area contributed by atoms with E-state index in [4.69, 9.17) is 4.74 Å². The van der Waals surface area contributed by atoms with E-state index < -0.39 is 0 Å². The van der Waals surface area contributed by atoms with Gasteiger partial charge in [-0.15, -0.1) is 0 Å². The van der Waals surface area contributed by atoms with Crippen molar-refractivity contribution < 1.29 is 9.13 Å². The minimum Gasteiger partial charge on any atom is -0.368 e. The van der Waals surface area contributed by atoms with Crippen LogP contribution in [0.2, 0.25) is 0 Å². The first kappa shape index (κ1) is 13.9. The molecule has 1 N–H and O–H groups in total. The van der Waals surface area contributed by atoms with Crippen LogP contribution in [0.4, 0.5) is 4.39 Å². The number of halogens is 1. The highest BCUT2D eigenvalue weighted by molar-refractivity contribution is 5.45. The van der Waals surface area contributed by atoms with E-state index in [9.17, 15) is 4.39 Å². The van der Waals surface area contributed by atoms with Crippen LogP contribution in [-0.2, 0) is 11.2 Å². The molecule has 0 aromatic heterocycles. The first-order valence-electron chi connectivity index (χ1n) is 7.92. The first-order valence-corrected chi connectivity index (χ1v) is 7.92. The second kappa shape index (κ2) is 5.49. The summed E-state index contributed by atoms with van der Waals surface area (Å²) in [4.78, 5) is 0. The average molecular weight is 297 g/mol. The summed E-state index contributed by atoms with van der Waals surface area (Å²) < 4.78 is 20.1.